The molecule has 0 aliphatic rings. The minimum atomic E-state index is 0. The number of halogens is 1. The van der Waals surface area contributed by atoms with Crippen molar-refractivity contribution >= 4 is 29.9 Å². The molecule has 1 aromatic carbocycles. The molecule has 0 saturated heterocycles. The second-order valence-electron chi connectivity index (χ2n) is 5.60. The largest absolute Gasteiger partial charge is 0.493 e. The van der Waals surface area contributed by atoms with Gasteiger partial charge in [-0.2, -0.15) is 0 Å². The number of nitrogens with two attached hydrogens (primary N) is 1. The van der Waals surface area contributed by atoms with E-state index in [4.69, 9.17) is 19.9 Å². The maximum atomic E-state index is 5.82. The second-order valence-corrected chi connectivity index (χ2v) is 5.60. The minimum absolute atomic E-state index is 0. The first kappa shape index (κ1) is 22.8. The number of nitrogens with zero attached hydrogens (tertiary/aromatic N) is 1. The van der Waals surface area contributed by atoms with Crippen molar-refractivity contribution in [2.24, 2.45) is 16.6 Å². The van der Waals surface area contributed by atoms with Gasteiger partial charge in [0.1, 0.15) is 0 Å². The van der Waals surface area contributed by atoms with Crippen molar-refractivity contribution < 1.29 is 14.2 Å². The monoisotopic (exact) mass is 451 g/mol. The van der Waals surface area contributed by atoms with Gasteiger partial charge in [0.2, 0.25) is 0 Å². The lowest BCUT2D eigenvalue weighted by Gasteiger charge is -2.10. The summed E-state index contributed by atoms with van der Waals surface area (Å²) >= 11 is 0. The zero-order chi connectivity index (χ0) is 17.1. The van der Waals surface area contributed by atoms with Gasteiger partial charge in [-0.05, 0) is 30.0 Å². The van der Waals surface area contributed by atoms with Crippen LogP contribution in [-0.2, 0) is 11.2 Å². The third kappa shape index (κ3) is 9.17. The average Bonchev–Trinajstić information content (AvgIpc) is 2.54. The van der Waals surface area contributed by atoms with Crippen LogP contribution in [0.5, 0.6) is 11.5 Å². The molecular formula is C17H30IN3O3. The summed E-state index contributed by atoms with van der Waals surface area (Å²) in [5.74, 6) is 2.44. The van der Waals surface area contributed by atoms with Crippen LogP contribution in [-0.4, -0.2) is 46.5 Å². The summed E-state index contributed by atoms with van der Waals surface area (Å²) in [5, 5.41) is 3.10. The lowest BCUT2D eigenvalue weighted by Crippen LogP contribution is -2.33. The number of guanidine groups is 1. The van der Waals surface area contributed by atoms with E-state index in [1.807, 2.05) is 18.2 Å². The Labute approximate surface area is 162 Å². The molecule has 1 rings (SSSR count). The molecule has 0 aliphatic carbocycles. The van der Waals surface area contributed by atoms with E-state index in [1.165, 1.54) is 0 Å². The number of rotatable bonds is 10. The van der Waals surface area contributed by atoms with E-state index in [9.17, 15) is 0 Å². The lowest BCUT2D eigenvalue weighted by molar-refractivity contribution is 0.117. The highest BCUT2D eigenvalue weighted by Crippen LogP contribution is 2.27. The first-order valence-corrected chi connectivity index (χ1v) is 7.89. The Hall–Kier alpha value is -1.22. The molecule has 0 atom stereocenters. The van der Waals surface area contributed by atoms with Crippen LogP contribution in [0.4, 0.5) is 0 Å². The van der Waals surface area contributed by atoms with E-state index in [-0.39, 0.29) is 24.0 Å². The molecule has 1 aromatic rings. The topological polar surface area (TPSA) is 78.1 Å². The predicted molar refractivity (Wildman–Crippen MR) is 109 cm³/mol. The van der Waals surface area contributed by atoms with Gasteiger partial charge < -0.3 is 25.3 Å². The van der Waals surface area contributed by atoms with Crippen molar-refractivity contribution in [1.29, 1.82) is 0 Å². The number of methoxy groups -OCH3 is 2. The van der Waals surface area contributed by atoms with Gasteiger partial charge in [0.15, 0.2) is 17.5 Å². The number of hydrogen-bond donors (Lipinski definition) is 2. The van der Waals surface area contributed by atoms with E-state index in [2.05, 4.69) is 24.2 Å². The van der Waals surface area contributed by atoms with Gasteiger partial charge >= 0.3 is 0 Å². The highest BCUT2D eigenvalue weighted by molar-refractivity contribution is 14.0. The van der Waals surface area contributed by atoms with Crippen LogP contribution >= 0.6 is 24.0 Å². The fraction of sp³-hybridized carbons (Fsp3) is 0.588. The first-order chi connectivity index (χ1) is 11.1. The lowest BCUT2D eigenvalue weighted by atomic mass is 10.1. The average molecular weight is 451 g/mol. The van der Waals surface area contributed by atoms with Crippen molar-refractivity contribution in [2.75, 3.05) is 40.5 Å². The van der Waals surface area contributed by atoms with Gasteiger partial charge in [0.25, 0.3) is 0 Å². The number of aliphatic imine (C=N–C) groups is 1. The summed E-state index contributed by atoms with van der Waals surface area (Å²) in [7, 11) is 3.26. The van der Waals surface area contributed by atoms with Crippen molar-refractivity contribution in [3.05, 3.63) is 23.8 Å². The molecule has 138 valence electrons. The second kappa shape index (κ2) is 13.1. The van der Waals surface area contributed by atoms with Crippen LogP contribution in [0.3, 0.4) is 0 Å². The minimum Gasteiger partial charge on any atom is -0.493 e. The molecule has 7 heteroatoms. The molecule has 6 nitrogen and oxygen atoms in total. The maximum Gasteiger partial charge on any atom is 0.188 e. The highest BCUT2D eigenvalue weighted by Gasteiger charge is 2.04. The van der Waals surface area contributed by atoms with E-state index in [0.29, 0.717) is 31.6 Å². The van der Waals surface area contributed by atoms with E-state index in [1.54, 1.807) is 14.2 Å². The van der Waals surface area contributed by atoms with Crippen LogP contribution in [0.1, 0.15) is 19.4 Å². The fourth-order valence-corrected chi connectivity index (χ4v) is 1.98. The molecule has 0 unspecified atom stereocenters. The molecule has 0 saturated carbocycles. The number of hydrogen-bond acceptors (Lipinski definition) is 4. The third-order valence-electron chi connectivity index (χ3n) is 3.14. The molecule has 0 radical (unpaired) electrons. The van der Waals surface area contributed by atoms with Crippen LogP contribution in [0.25, 0.3) is 0 Å². The molecule has 24 heavy (non-hydrogen) atoms. The molecule has 3 N–H and O–H groups in total. The summed E-state index contributed by atoms with van der Waals surface area (Å²) in [5.41, 5.74) is 6.96. The van der Waals surface area contributed by atoms with Crippen molar-refractivity contribution in [3.63, 3.8) is 0 Å². The molecule has 0 aliphatic heterocycles. The normalized spacial score (nSPS) is 11.1. The smallest absolute Gasteiger partial charge is 0.188 e. The molecular weight excluding hydrogens is 421 g/mol. The molecule has 0 bridgehead atoms. The molecule has 0 spiro atoms. The third-order valence-corrected chi connectivity index (χ3v) is 3.14. The number of benzene rings is 1. The van der Waals surface area contributed by atoms with Crippen molar-refractivity contribution in [3.8, 4) is 11.5 Å². The Balaban J connectivity index is 0.00000529. The van der Waals surface area contributed by atoms with Crippen LogP contribution in [0.15, 0.2) is 23.2 Å². The van der Waals surface area contributed by atoms with Gasteiger partial charge in [0.05, 0.1) is 27.4 Å². The van der Waals surface area contributed by atoms with E-state index >= 15 is 0 Å². The summed E-state index contributed by atoms with van der Waals surface area (Å²) < 4.78 is 16.0. The quantitative estimate of drug-likeness (QED) is 0.247. The molecule has 0 fully saturated rings. The van der Waals surface area contributed by atoms with Crippen LogP contribution in [0.2, 0.25) is 0 Å². The SMILES string of the molecule is COc1ccc(CCNC(N)=NCCOCC(C)C)cc1OC.I. The van der Waals surface area contributed by atoms with Gasteiger partial charge in [-0.15, -0.1) is 24.0 Å². The maximum absolute atomic E-state index is 5.82. The summed E-state index contributed by atoms with van der Waals surface area (Å²) in [6, 6.07) is 5.88. The number of ether oxygens (including phenoxy) is 3. The Morgan fingerprint density at radius 3 is 2.54 bits per heavy atom. The van der Waals surface area contributed by atoms with Crippen LogP contribution in [0, 0.1) is 5.92 Å². The van der Waals surface area contributed by atoms with Crippen molar-refractivity contribution in [2.45, 2.75) is 20.3 Å². The molecule has 0 heterocycles. The Bertz CT molecular complexity index is 496. The zero-order valence-electron chi connectivity index (χ0n) is 15.0. The zero-order valence-corrected chi connectivity index (χ0v) is 17.3. The van der Waals surface area contributed by atoms with Crippen molar-refractivity contribution in [1.82, 2.24) is 5.32 Å². The van der Waals surface area contributed by atoms with Gasteiger partial charge in [-0.1, -0.05) is 19.9 Å². The first-order valence-electron chi connectivity index (χ1n) is 7.89. The Morgan fingerprint density at radius 2 is 1.92 bits per heavy atom. The van der Waals surface area contributed by atoms with E-state index in [0.717, 1.165) is 30.1 Å². The van der Waals surface area contributed by atoms with E-state index < -0.39 is 0 Å². The predicted octanol–water partition coefficient (Wildman–Crippen LogP) is 2.44. The Morgan fingerprint density at radius 1 is 1.21 bits per heavy atom. The number of nitrogens with one attached hydrogen (secondary N) is 1. The summed E-state index contributed by atoms with van der Waals surface area (Å²) in [6.45, 7) is 6.86. The fourth-order valence-electron chi connectivity index (χ4n) is 1.98. The van der Waals surface area contributed by atoms with Gasteiger partial charge in [0, 0.05) is 13.2 Å². The standard InChI is InChI=1S/C17H29N3O3.HI/c1-13(2)12-23-10-9-20-17(18)19-8-7-14-5-6-15(21-3)16(11-14)22-4;/h5-6,11,13H,7-10,12H2,1-4H3,(H3,18,19,20);1H. The highest BCUT2D eigenvalue weighted by atomic mass is 127. The Kier molecular flexibility index (Phi) is 12.4. The van der Waals surface area contributed by atoms with Gasteiger partial charge in [-0.25, -0.2) is 0 Å². The van der Waals surface area contributed by atoms with Crippen LogP contribution < -0.4 is 20.5 Å². The van der Waals surface area contributed by atoms with Gasteiger partial charge in [-0.3, -0.25) is 4.99 Å². The summed E-state index contributed by atoms with van der Waals surface area (Å²) in [4.78, 5) is 4.23. The molecule has 0 aromatic heterocycles. The molecule has 0 amide bonds. The summed E-state index contributed by atoms with van der Waals surface area (Å²) in [6.07, 6.45) is 0.820.